The van der Waals surface area contributed by atoms with Crippen LogP contribution >= 0.6 is 15.9 Å². The molecule has 1 aromatic rings. The third-order valence-corrected chi connectivity index (χ3v) is 4.26. The van der Waals surface area contributed by atoms with Crippen molar-refractivity contribution in [3.8, 4) is 0 Å². The van der Waals surface area contributed by atoms with E-state index in [0.717, 1.165) is 19.1 Å². The van der Waals surface area contributed by atoms with Gasteiger partial charge in [0, 0.05) is 29.3 Å². The minimum absolute atomic E-state index is 0.722. The molecule has 1 atom stereocenters. The highest BCUT2D eigenvalue weighted by Gasteiger charge is 2.24. The normalized spacial score (nSPS) is 19.5. The van der Waals surface area contributed by atoms with Gasteiger partial charge in [0.05, 0.1) is 0 Å². The Morgan fingerprint density at radius 2 is 2.22 bits per heavy atom. The molecule has 0 saturated carbocycles. The Labute approximate surface area is 119 Å². The Morgan fingerprint density at radius 1 is 1.39 bits per heavy atom. The third-order valence-electron chi connectivity index (χ3n) is 3.77. The summed E-state index contributed by atoms with van der Waals surface area (Å²) in [6, 6.07) is 7.39. The van der Waals surface area contributed by atoms with Crippen molar-refractivity contribution < 1.29 is 0 Å². The van der Waals surface area contributed by atoms with E-state index in [0.29, 0.717) is 0 Å². The first kappa shape index (κ1) is 13.9. The lowest BCUT2D eigenvalue weighted by Crippen LogP contribution is -2.30. The summed E-state index contributed by atoms with van der Waals surface area (Å²) in [4.78, 5) is 2.59. The monoisotopic (exact) mass is 310 g/mol. The van der Waals surface area contributed by atoms with E-state index in [4.69, 9.17) is 0 Å². The zero-order chi connectivity index (χ0) is 13.0. The van der Waals surface area contributed by atoms with Crippen LogP contribution in [-0.2, 0) is 6.54 Å². The molecule has 2 rings (SSSR count). The van der Waals surface area contributed by atoms with E-state index in [1.807, 2.05) is 0 Å². The quantitative estimate of drug-likeness (QED) is 0.886. The molecule has 18 heavy (non-hydrogen) atoms. The molecule has 1 N–H and O–H groups in total. The van der Waals surface area contributed by atoms with Crippen LogP contribution in [0, 0.1) is 0 Å². The van der Waals surface area contributed by atoms with E-state index in [9.17, 15) is 0 Å². The summed E-state index contributed by atoms with van der Waals surface area (Å²) in [7, 11) is 0. The summed E-state index contributed by atoms with van der Waals surface area (Å²) in [6.45, 7) is 7.64. The van der Waals surface area contributed by atoms with Gasteiger partial charge in [0.1, 0.15) is 0 Å². The van der Waals surface area contributed by atoms with Crippen LogP contribution in [0.3, 0.4) is 0 Å². The van der Waals surface area contributed by atoms with E-state index >= 15 is 0 Å². The second-order valence-corrected chi connectivity index (χ2v) is 5.87. The standard InChI is InChI=1S/C15H23BrN2/c1-3-14-6-5-9-18(14)15-10-13(16)8-7-12(15)11-17-4-2/h7-8,10,14,17H,3-6,9,11H2,1-2H3. The highest BCUT2D eigenvalue weighted by atomic mass is 79.9. The van der Waals surface area contributed by atoms with Crippen molar-refractivity contribution in [1.29, 1.82) is 0 Å². The molecule has 1 unspecified atom stereocenters. The Balaban J connectivity index is 2.26. The minimum atomic E-state index is 0.722. The van der Waals surface area contributed by atoms with E-state index < -0.39 is 0 Å². The number of halogens is 1. The van der Waals surface area contributed by atoms with Gasteiger partial charge in [0.25, 0.3) is 0 Å². The van der Waals surface area contributed by atoms with E-state index in [2.05, 4.69) is 58.2 Å². The number of rotatable bonds is 5. The molecule has 0 amide bonds. The van der Waals surface area contributed by atoms with Crippen LogP contribution in [0.2, 0.25) is 0 Å². The van der Waals surface area contributed by atoms with E-state index in [1.165, 1.54) is 41.5 Å². The first-order valence-electron chi connectivity index (χ1n) is 7.02. The molecule has 0 radical (unpaired) electrons. The number of anilines is 1. The summed E-state index contributed by atoms with van der Waals surface area (Å²) in [5, 5.41) is 3.44. The molecule has 1 fully saturated rings. The van der Waals surface area contributed by atoms with Crippen molar-refractivity contribution in [1.82, 2.24) is 5.32 Å². The number of nitrogens with one attached hydrogen (secondary N) is 1. The Kier molecular flexibility index (Phi) is 5.07. The third kappa shape index (κ3) is 3.07. The molecule has 100 valence electrons. The smallest absolute Gasteiger partial charge is 0.0425 e. The molecule has 1 aromatic carbocycles. The molecule has 0 bridgehead atoms. The molecule has 0 aliphatic carbocycles. The van der Waals surface area contributed by atoms with Gasteiger partial charge in [0.15, 0.2) is 0 Å². The predicted molar refractivity (Wildman–Crippen MR) is 82.2 cm³/mol. The molecule has 1 aliphatic rings. The number of hydrogen-bond donors (Lipinski definition) is 1. The average Bonchev–Trinajstić information content (AvgIpc) is 2.85. The molecule has 3 heteroatoms. The van der Waals surface area contributed by atoms with Gasteiger partial charge in [0.2, 0.25) is 0 Å². The Bertz CT molecular complexity index is 392. The lowest BCUT2D eigenvalue weighted by molar-refractivity contribution is 0.640. The summed E-state index contributed by atoms with van der Waals surface area (Å²) < 4.78 is 1.18. The van der Waals surface area contributed by atoms with Crippen LogP contribution in [0.1, 0.15) is 38.7 Å². The van der Waals surface area contributed by atoms with Crippen molar-refractivity contribution in [3.63, 3.8) is 0 Å². The molecule has 0 aromatic heterocycles. The summed E-state index contributed by atoms with van der Waals surface area (Å²) >= 11 is 3.61. The van der Waals surface area contributed by atoms with Crippen molar-refractivity contribution >= 4 is 21.6 Å². The van der Waals surface area contributed by atoms with Crippen molar-refractivity contribution in [2.45, 2.75) is 45.7 Å². The van der Waals surface area contributed by atoms with Gasteiger partial charge in [-0.2, -0.15) is 0 Å². The second kappa shape index (κ2) is 6.58. The van der Waals surface area contributed by atoms with Gasteiger partial charge < -0.3 is 10.2 Å². The molecule has 1 heterocycles. The first-order valence-corrected chi connectivity index (χ1v) is 7.81. The van der Waals surface area contributed by atoms with Crippen LogP contribution in [0.5, 0.6) is 0 Å². The van der Waals surface area contributed by atoms with Crippen molar-refractivity contribution in [2.75, 3.05) is 18.0 Å². The van der Waals surface area contributed by atoms with E-state index in [-0.39, 0.29) is 0 Å². The maximum atomic E-state index is 3.61. The summed E-state index contributed by atoms with van der Waals surface area (Å²) in [5.74, 6) is 0. The molecular formula is C15H23BrN2. The topological polar surface area (TPSA) is 15.3 Å². The van der Waals surface area contributed by atoms with Crippen LogP contribution in [0.15, 0.2) is 22.7 Å². The maximum Gasteiger partial charge on any atom is 0.0425 e. The van der Waals surface area contributed by atoms with Crippen molar-refractivity contribution in [3.05, 3.63) is 28.2 Å². The predicted octanol–water partition coefficient (Wildman–Crippen LogP) is 3.94. The second-order valence-electron chi connectivity index (χ2n) is 4.95. The molecule has 1 aliphatic heterocycles. The molecular weight excluding hydrogens is 288 g/mol. The zero-order valence-electron chi connectivity index (χ0n) is 11.4. The highest BCUT2D eigenvalue weighted by Crippen LogP contribution is 2.32. The molecule has 1 saturated heterocycles. The van der Waals surface area contributed by atoms with Gasteiger partial charge in [-0.25, -0.2) is 0 Å². The van der Waals surface area contributed by atoms with Crippen LogP contribution in [-0.4, -0.2) is 19.1 Å². The fourth-order valence-corrected chi connectivity index (χ4v) is 3.14. The highest BCUT2D eigenvalue weighted by molar-refractivity contribution is 9.10. The van der Waals surface area contributed by atoms with Crippen LogP contribution < -0.4 is 10.2 Å². The average molecular weight is 311 g/mol. The SMILES string of the molecule is CCNCc1ccc(Br)cc1N1CCCC1CC. The van der Waals surface area contributed by atoms with Crippen molar-refractivity contribution in [2.24, 2.45) is 0 Å². The van der Waals surface area contributed by atoms with Crippen LogP contribution in [0.25, 0.3) is 0 Å². The minimum Gasteiger partial charge on any atom is -0.368 e. The number of hydrogen-bond acceptors (Lipinski definition) is 2. The van der Waals surface area contributed by atoms with Gasteiger partial charge in [-0.3, -0.25) is 0 Å². The largest absolute Gasteiger partial charge is 0.368 e. The molecule has 2 nitrogen and oxygen atoms in total. The zero-order valence-corrected chi connectivity index (χ0v) is 13.0. The summed E-state index contributed by atoms with van der Waals surface area (Å²) in [6.07, 6.45) is 3.91. The van der Waals surface area contributed by atoms with Gasteiger partial charge in [-0.1, -0.05) is 35.8 Å². The van der Waals surface area contributed by atoms with Gasteiger partial charge in [-0.05, 0) is 43.5 Å². The lowest BCUT2D eigenvalue weighted by atomic mass is 10.1. The fourth-order valence-electron chi connectivity index (χ4n) is 2.79. The first-order chi connectivity index (χ1) is 8.76. The Hall–Kier alpha value is -0.540. The summed E-state index contributed by atoms with van der Waals surface area (Å²) in [5.41, 5.74) is 2.83. The lowest BCUT2D eigenvalue weighted by Gasteiger charge is -2.28. The number of benzene rings is 1. The van der Waals surface area contributed by atoms with Crippen LogP contribution in [0.4, 0.5) is 5.69 Å². The Morgan fingerprint density at radius 3 is 2.94 bits per heavy atom. The fraction of sp³-hybridized carbons (Fsp3) is 0.600. The van der Waals surface area contributed by atoms with Gasteiger partial charge >= 0.3 is 0 Å². The number of nitrogens with zero attached hydrogens (tertiary/aromatic N) is 1. The van der Waals surface area contributed by atoms with Gasteiger partial charge in [-0.15, -0.1) is 0 Å². The maximum absolute atomic E-state index is 3.61. The van der Waals surface area contributed by atoms with E-state index in [1.54, 1.807) is 0 Å². The molecule has 0 spiro atoms.